The van der Waals surface area contributed by atoms with Crippen molar-refractivity contribution in [3.05, 3.63) is 63.8 Å². The maximum atomic E-state index is 11.9. The molecule has 2 rings (SSSR count). The lowest BCUT2D eigenvalue weighted by molar-refractivity contribution is 0.0600. The van der Waals surface area contributed by atoms with Crippen molar-refractivity contribution in [3.63, 3.8) is 0 Å². The van der Waals surface area contributed by atoms with E-state index in [9.17, 15) is 9.59 Å². The summed E-state index contributed by atoms with van der Waals surface area (Å²) in [5, 5.41) is 0. The minimum atomic E-state index is -0.424. The highest BCUT2D eigenvalue weighted by Crippen LogP contribution is 2.03. The summed E-state index contributed by atoms with van der Waals surface area (Å²) in [7, 11) is 1.32. The van der Waals surface area contributed by atoms with Crippen molar-refractivity contribution in [2.24, 2.45) is 0 Å². The van der Waals surface area contributed by atoms with Crippen LogP contribution in [0.1, 0.15) is 21.6 Å². The summed E-state index contributed by atoms with van der Waals surface area (Å²) in [6.07, 6.45) is 3.16. The van der Waals surface area contributed by atoms with Gasteiger partial charge in [0.2, 0.25) is 0 Å². The van der Waals surface area contributed by atoms with Gasteiger partial charge in [0.1, 0.15) is 0 Å². The Labute approximate surface area is 110 Å². The van der Waals surface area contributed by atoms with Crippen LogP contribution in [0.15, 0.2) is 41.5 Å². The molecule has 0 aromatic carbocycles. The highest BCUT2D eigenvalue weighted by Gasteiger charge is 2.06. The van der Waals surface area contributed by atoms with Gasteiger partial charge in [-0.15, -0.1) is 0 Å². The average molecular weight is 258 g/mol. The Morgan fingerprint density at radius 3 is 2.79 bits per heavy atom. The molecule has 0 N–H and O–H groups in total. The Kier molecular flexibility index (Phi) is 3.75. The second-order valence-electron chi connectivity index (χ2n) is 4.15. The highest BCUT2D eigenvalue weighted by molar-refractivity contribution is 5.88. The summed E-state index contributed by atoms with van der Waals surface area (Å²) in [5.74, 6) is -0.424. The summed E-state index contributed by atoms with van der Waals surface area (Å²) >= 11 is 0. The number of carbonyl (C=O) groups is 1. The first-order valence-electron chi connectivity index (χ1n) is 5.81. The van der Waals surface area contributed by atoms with Crippen LogP contribution < -0.4 is 5.56 Å². The molecule has 0 aliphatic heterocycles. The van der Waals surface area contributed by atoms with E-state index in [0.717, 1.165) is 0 Å². The first kappa shape index (κ1) is 13.0. The number of aromatic nitrogens is 2. The maximum absolute atomic E-state index is 11.9. The zero-order chi connectivity index (χ0) is 13.8. The molecule has 0 bridgehead atoms. The number of hydrogen-bond acceptors (Lipinski definition) is 4. The van der Waals surface area contributed by atoms with E-state index in [2.05, 4.69) is 9.72 Å². The average Bonchev–Trinajstić information content (AvgIpc) is 2.44. The molecule has 0 aliphatic carbocycles. The molecular weight excluding hydrogens is 244 g/mol. The zero-order valence-corrected chi connectivity index (χ0v) is 10.8. The van der Waals surface area contributed by atoms with Crippen molar-refractivity contribution in [2.75, 3.05) is 7.11 Å². The van der Waals surface area contributed by atoms with Crippen molar-refractivity contribution in [2.45, 2.75) is 13.5 Å². The summed E-state index contributed by atoms with van der Waals surface area (Å²) < 4.78 is 6.17. The SMILES string of the molecule is COC(=O)c1ccc(Cn2cccc(C)c2=O)nc1. The Balaban J connectivity index is 2.22. The van der Waals surface area contributed by atoms with Gasteiger partial charge in [-0.05, 0) is 25.1 Å². The normalized spacial score (nSPS) is 10.2. The van der Waals surface area contributed by atoms with Crippen LogP contribution in [0.3, 0.4) is 0 Å². The minimum absolute atomic E-state index is 0.0404. The van der Waals surface area contributed by atoms with Gasteiger partial charge in [0.05, 0.1) is 24.9 Å². The number of hydrogen-bond donors (Lipinski definition) is 0. The van der Waals surface area contributed by atoms with E-state index in [4.69, 9.17) is 0 Å². The molecule has 5 heteroatoms. The van der Waals surface area contributed by atoms with E-state index in [0.29, 0.717) is 23.4 Å². The predicted molar refractivity (Wildman–Crippen MR) is 70.1 cm³/mol. The first-order chi connectivity index (χ1) is 9.11. The van der Waals surface area contributed by atoms with Crippen LogP contribution in [0.25, 0.3) is 0 Å². The second-order valence-corrected chi connectivity index (χ2v) is 4.15. The van der Waals surface area contributed by atoms with Crippen LogP contribution in [0, 0.1) is 6.92 Å². The van der Waals surface area contributed by atoms with Gasteiger partial charge in [0.15, 0.2) is 0 Å². The summed E-state index contributed by atoms with van der Waals surface area (Å²) in [4.78, 5) is 27.3. The van der Waals surface area contributed by atoms with Gasteiger partial charge >= 0.3 is 5.97 Å². The summed E-state index contributed by atoms with van der Waals surface area (Å²) in [6.45, 7) is 2.15. The van der Waals surface area contributed by atoms with E-state index < -0.39 is 5.97 Å². The predicted octanol–water partition coefficient (Wildman–Crippen LogP) is 1.39. The maximum Gasteiger partial charge on any atom is 0.339 e. The molecule has 0 amide bonds. The summed E-state index contributed by atoms with van der Waals surface area (Å²) in [6, 6.07) is 6.93. The molecule has 0 unspecified atom stereocenters. The largest absolute Gasteiger partial charge is 0.465 e. The van der Waals surface area contributed by atoms with Gasteiger partial charge in [-0.2, -0.15) is 0 Å². The van der Waals surface area contributed by atoms with Gasteiger partial charge in [0, 0.05) is 18.0 Å². The van der Waals surface area contributed by atoms with Gasteiger partial charge in [-0.3, -0.25) is 9.78 Å². The van der Waals surface area contributed by atoms with Crippen LogP contribution in [-0.2, 0) is 11.3 Å². The van der Waals surface area contributed by atoms with Crippen LogP contribution in [0.5, 0.6) is 0 Å². The molecule has 0 aliphatic rings. The zero-order valence-electron chi connectivity index (χ0n) is 10.8. The number of methoxy groups -OCH3 is 1. The Morgan fingerprint density at radius 1 is 1.37 bits per heavy atom. The molecule has 2 aromatic heterocycles. The topological polar surface area (TPSA) is 61.2 Å². The smallest absolute Gasteiger partial charge is 0.339 e. The van der Waals surface area contributed by atoms with E-state index in [1.807, 2.05) is 6.07 Å². The molecule has 2 aromatic rings. The van der Waals surface area contributed by atoms with Gasteiger partial charge in [-0.1, -0.05) is 6.07 Å². The molecule has 0 saturated carbocycles. The van der Waals surface area contributed by atoms with E-state index in [1.54, 1.807) is 35.9 Å². The molecule has 0 fully saturated rings. The lowest BCUT2D eigenvalue weighted by Crippen LogP contribution is -2.22. The lowest BCUT2D eigenvalue weighted by Gasteiger charge is -2.06. The monoisotopic (exact) mass is 258 g/mol. The van der Waals surface area contributed by atoms with Crippen molar-refractivity contribution in [1.82, 2.24) is 9.55 Å². The Morgan fingerprint density at radius 2 is 2.16 bits per heavy atom. The van der Waals surface area contributed by atoms with Crippen LogP contribution in [0.4, 0.5) is 0 Å². The fourth-order valence-corrected chi connectivity index (χ4v) is 1.71. The number of ether oxygens (including phenoxy) is 1. The van der Waals surface area contributed by atoms with Crippen molar-refractivity contribution < 1.29 is 9.53 Å². The number of esters is 1. The molecule has 0 atom stereocenters. The minimum Gasteiger partial charge on any atom is -0.465 e. The standard InChI is InChI=1S/C14H14N2O3/c1-10-4-3-7-16(13(10)17)9-12-6-5-11(8-15-12)14(18)19-2/h3-8H,9H2,1-2H3. The van der Waals surface area contributed by atoms with E-state index in [-0.39, 0.29) is 5.56 Å². The number of rotatable bonds is 3. The van der Waals surface area contributed by atoms with Gasteiger partial charge < -0.3 is 9.30 Å². The second kappa shape index (κ2) is 5.48. The van der Waals surface area contributed by atoms with Crippen LogP contribution >= 0.6 is 0 Å². The molecule has 0 saturated heterocycles. The number of aryl methyl sites for hydroxylation is 1. The highest BCUT2D eigenvalue weighted by atomic mass is 16.5. The van der Waals surface area contributed by atoms with Crippen LogP contribution in [0.2, 0.25) is 0 Å². The van der Waals surface area contributed by atoms with Crippen molar-refractivity contribution in [3.8, 4) is 0 Å². The third-order valence-electron chi connectivity index (χ3n) is 2.79. The van der Waals surface area contributed by atoms with E-state index >= 15 is 0 Å². The molecule has 0 spiro atoms. The Bertz CT molecular complexity index is 644. The van der Waals surface area contributed by atoms with Crippen molar-refractivity contribution >= 4 is 5.97 Å². The van der Waals surface area contributed by atoms with E-state index in [1.165, 1.54) is 13.3 Å². The number of nitrogens with zero attached hydrogens (tertiary/aromatic N) is 2. The molecule has 19 heavy (non-hydrogen) atoms. The number of pyridine rings is 2. The molecular formula is C14H14N2O3. The van der Waals surface area contributed by atoms with Crippen LogP contribution in [-0.4, -0.2) is 22.6 Å². The molecule has 5 nitrogen and oxygen atoms in total. The van der Waals surface area contributed by atoms with Gasteiger partial charge in [0.25, 0.3) is 5.56 Å². The van der Waals surface area contributed by atoms with Gasteiger partial charge in [-0.25, -0.2) is 4.79 Å². The lowest BCUT2D eigenvalue weighted by atomic mass is 10.2. The molecule has 98 valence electrons. The first-order valence-corrected chi connectivity index (χ1v) is 5.81. The third-order valence-corrected chi connectivity index (χ3v) is 2.79. The quantitative estimate of drug-likeness (QED) is 0.780. The molecule has 0 radical (unpaired) electrons. The number of carbonyl (C=O) groups excluding carboxylic acids is 1. The van der Waals surface area contributed by atoms with Crippen molar-refractivity contribution in [1.29, 1.82) is 0 Å². The third kappa shape index (κ3) is 2.88. The Hall–Kier alpha value is -2.43. The fraction of sp³-hybridized carbons (Fsp3) is 0.214. The summed E-state index contributed by atoms with van der Waals surface area (Å²) in [5.41, 5.74) is 1.75. The molecule has 2 heterocycles. The fourth-order valence-electron chi connectivity index (χ4n) is 1.71.